The van der Waals surface area contributed by atoms with Crippen LogP contribution in [0.25, 0.3) is 0 Å². The Kier molecular flexibility index (Phi) is 6.69. The van der Waals surface area contributed by atoms with Gasteiger partial charge in [0.15, 0.2) is 0 Å². The lowest BCUT2D eigenvalue weighted by Gasteiger charge is -2.75. The molecule has 1 saturated heterocycles. The Morgan fingerprint density at radius 2 is 1.35 bits per heavy atom. The molecule has 0 radical (unpaired) electrons. The molecule has 2 heterocycles. The molecule has 2 N–H and O–H groups in total. The fourth-order valence-corrected chi connectivity index (χ4v) is 12.6. The number of nitrogens with zero attached hydrogens (tertiary/aromatic N) is 1. The molecule has 2 spiro atoms. The van der Waals surface area contributed by atoms with E-state index in [1.165, 1.54) is 47.2 Å². The molecule has 4 saturated carbocycles. The minimum atomic E-state index is -1.15. The normalized spacial score (nSPS) is 33.3. The van der Waals surface area contributed by atoms with Gasteiger partial charge in [-0.3, -0.25) is 4.90 Å². The monoisotopic (exact) mass is 679 g/mol. The molecule has 4 aromatic carbocycles. The molecule has 51 heavy (non-hydrogen) atoms. The molecule has 5 aliphatic carbocycles. The Hall–Kier alpha value is -3.44. The molecular weight excluding hydrogens is 627 g/mol. The first-order chi connectivity index (χ1) is 24.5. The Morgan fingerprint density at radius 3 is 1.90 bits per heavy atom. The Morgan fingerprint density at radius 1 is 0.765 bits per heavy atom. The van der Waals surface area contributed by atoms with Crippen molar-refractivity contribution in [2.75, 3.05) is 13.1 Å². The number of hydrogen-bond acceptors (Lipinski definition) is 4. The van der Waals surface area contributed by atoms with Crippen LogP contribution in [-0.2, 0) is 17.3 Å². The zero-order valence-corrected chi connectivity index (χ0v) is 30.7. The number of piperidine rings is 1. The lowest BCUT2D eigenvalue weighted by molar-refractivity contribution is -0.305. The van der Waals surface area contributed by atoms with Gasteiger partial charge in [0.1, 0.15) is 17.5 Å². The maximum absolute atomic E-state index is 13.4. The standard InChI is InChI=1S/C47H53NO3/c1-42(2,3)43(4,49)37-29-44-24-25-46(37,50)41-45(44)26-27-48(30-31-20-21-31)38(44)28-32-22-23-36(40(51-41)39(32)45)47(33-14-8-5-9-15-33,34-16-10-6-11-17-34)35-18-12-7-13-19-35/h5-19,22-23,31,37-38,41,49-50H,20-21,24-30H2,1-4H3/t37-,38-,41-,43+,44-,45+,46-/m1/s1. The van der Waals surface area contributed by atoms with Crippen molar-refractivity contribution in [3.05, 3.63) is 137 Å². The van der Waals surface area contributed by atoms with Gasteiger partial charge in [-0.25, -0.2) is 0 Å². The molecule has 0 unspecified atom stereocenters. The molecule has 4 aromatic rings. The third-order valence-electron chi connectivity index (χ3n) is 15.6. The largest absolute Gasteiger partial charge is 0.486 e. The van der Waals surface area contributed by atoms with Gasteiger partial charge < -0.3 is 14.9 Å². The molecule has 0 aromatic heterocycles. The predicted octanol–water partition coefficient (Wildman–Crippen LogP) is 8.44. The Balaban J connectivity index is 1.27. The quantitative estimate of drug-likeness (QED) is 0.193. The number of ether oxygens (including phenoxy) is 1. The molecule has 2 aliphatic heterocycles. The van der Waals surface area contributed by atoms with E-state index in [1.807, 2.05) is 6.92 Å². The van der Waals surface area contributed by atoms with Crippen molar-refractivity contribution >= 4 is 0 Å². The minimum absolute atomic E-state index is 0.0824. The van der Waals surface area contributed by atoms with Crippen molar-refractivity contribution in [1.29, 1.82) is 0 Å². The van der Waals surface area contributed by atoms with Crippen LogP contribution in [0.15, 0.2) is 103 Å². The minimum Gasteiger partial charge on any atom is -0.486 e. The summed E-state index contributed by atoms with van der Waals surface area (Å²) in [4.78, 5) is 2.86. The van der Waals surface area contributed by atoms with Crippen LogP contribution in [0.2, 0.25) is 0 Å². The van der Waals surface area contributed by atoms with Gasteiger partial charge in [-0.05, 0) is 92.0 Å². The van der Waals surface area contributed by atoms with Crippen molar-refractivity contribution in [1.82, 2.24) is 4.90 Å². The summed E-state index contributed by atoms with van der Waals surface area (Å²) in [5.41, 5.74) is 3.89. The van der Waals surface area contributed by atoms with Gasteiger partial charge in [-0.1, -0.05) is 124 Å². The van der Waals surface area contributed by atoms with E-state index in [9.17, 15) is 10.2 Å². The van der Waals surface area contributed by atoms with E-state index in [1.54, 1.807) is 0 Å². The van der Waals surface area contributed by atoms with Crippen LogP contribution >= 0.6 is 0 Å². The van der Waals surface area contributed by atoms with E-state index in [2.05, 4.69) is 129 Å². The summed E-state index contributed by atoms with van der Waals surface area (Å²) in [6, 6.07) is 38.1. The highest BCUT2D eigenvalue weighted by Gasteiger charge is 2.82. The summed E-state index contributed by atoms with van der Waals surface area (Å²) in [6.45, 7) is 10.6. The van der Waals surface area contributed by atoms with E-state index in [0.29, 0.717) is 12.5 Å². The highest BCUT2D eigenvalue weighted by molar-refractivity contribution is 5.70. The molecule has 4 nitrogen and oxygen atoms in total. The summed E-state index contributed by atoms with van der Waals surface area (Å²) in [5, 5.41) is 26.0. The SMILES string of the molecule is CC(C)(C)[C@@](C)(O)[C@H]1C[C@@]23CC[C@]1(O)[C@@H]1Oc4c(C(c5ccccc5)(c5ccccc5)c5ccccc5)ccc5c4[C@@]12CCN(CC1CC1)[C@@H]3C5. The van der Waals surface area contributed by atoms with Crippen molar-refractivity contribution in [2.24, 2.45) is 22.7 Å². The van der Waals surface area contributed by atoms with Crippen LogP contribution in [0.1, 0.15) is 99.6 Å². The van der Waals surface area contributed by atoms with Crippen molar-refractivity contribution < 1.29 is 14.9 Å². The molecule has 4 heteroatoms. The van der Waals surface area contributed by atoms with E-state index >= 15 is 0 Å². The van der Waals surface area contributed by atoms with E-state index < -0.39 is 28.1 Å². The molecule has 4 bridgehead atoms. The number of benzene rings is 4. The Labute approximate surface area is 303 Å². The summed E-state index contributed by atoms with van der Waals surface area (Å²) in [6.07, 6.45) is 6.77. The van der Waals surface area contributed by atoms with Gasteiger partial charge in [0.25, 0.3) is 0 Å². The number of fused-ring (bicyclic) bond motifs is 2. The molecule has 5 fully saturated rings. The summed E-state index contributed by atoms with van der Waals surface area (Å²) in [5.74, 6) is 1.51. The maximum atomic E-state index is 13.4. The molecule has 7 aliphatic rings. The first-order valence-electron chi connectivity index (χ1n) is 19.7. The topological polar surface area (TPSA) is 52.9 Å². The van der Waals surface area contributed by atoms with E-state index in [0.717, 1.165) is 49.5 Å². The van der Waals surface area contributed by atoms with Crippen LogP contribution in [0.4, 0.5) is 0 Å². The zero-order valence-electron chi connectivity index (χ0n) is 30.7. The zero-order chi connectivity index (χ0) is 35.0. The number of rotatable bonds is 7. The smallest absolute Gasteiger partial charge is 0.138 e. The van der Waals surface area contributed by atoms with Crippen LogP contribution in [0.5, 0.6) is 5.75 Å². The molecule has 0 amide bonds. The van der Waals surface area contributed by atoms with Crippen LogP contribution < -0.4 is 4.74 Å². The molecule has 264 valence electrons. The van der Waals surface area contributed by atoms with Gasteiger partial charge in [0.05, 0.1) is 11.0 Å². The van der Waals surface area contributed by atoms with E-state index in [4.69, 9.17) is 4.74 Å². The molecular formula is C47H53NO3. The first-order valence-corrected chi connectivity index (χ1v) is 19.7. The van der Waals surface area contributed by atoms with Crippen molar-refractivity contribution in [2.45, 2.75) is 107 Å². The second kappa shape index (κ2) is 10.6. The van der Waals surface area contributed by atoms with Gasteiger partial charge in [-0.2, -0.15) is 0 Å². The van der Waals surface area contributed by atoms with Gasteiger partial charge >= 0.3 is 0 Å². The fraction of sp³-hybridized carbons (Fsp3) is 0.489. The first kappa shape index (κ1) is 32.2. The summed E-state index contributed by atoms with van der Waals surface area (Å²) < 4.78 is 7.70. The third-order valence-corrected chi connectivity index (χ3v) is 15.6. The van der Waals surface area contributed by atoms with Gasteiger partial charge in [0.2, 0.25) is 0 Å². The van der Waals surface area contributed by atoms with Crippen molar-refractivity contribution in [3.8, 4) is 5.75 Å². The fourth-order valence-electron chi connectivity index (χ4n) is 12.6. The summed E-state index contributed by atoms with van der Waals surface area (Å²) >= 11 is 0. The van der Waals surface area contributed by atoms with Crippen LogP contribution in [-0.4, -0.2) is 51.6 Å². The molecule has 7 atom stereocenters. The van der Waals surface area contributed by atoms with Crippen LogP contribution in [0, 0.1) is 22.7 Å². The number of hydrogen-bond donors (Lipinski definition) is 2. The lowest BCUT2D eigenvalue weighted by Crippen LogP contribution is -2.82. The average Bonchev–Trinajstić information content (AvgIpc) is 3.88. The molecule has 11 rings (SSSR count). The maximum Gasteiger partial charge on any atom is 0.138 e. The van der Waals surface area contributed by atoms with Crippen LogP contribution in [0.3, 0.4) is 0 Å². The second-order valence-corrected chi connectivity index (χ2v) is 18.5. The van der Waals surface area contributed by atoms with E-state index in [-0.39, 0.29) is 16.7 Å². The predicted molar refractivity (Wildman–Crippen MR) is 202 cm³/mol. The highest BCUT2D eigenvalue weighted by atomic mass is 16.5. The average molecular weight is 680 g/mol. The summed E-state index contributed by atoms with van der Waals surface area (Å²) in [7, 11) is 0. The van der Waals surface area contributed by atoms with Crippen molar-refractivity contribution in [3.63, 3.8) is 0 Å². The van der Waals surface area contributed by atoms with Gasteiger partial charge in [-0.15, -0.1) is 0 Å². The third kappa shape index (κ3) is 3.97. The lowest BCUT2D eigenvalue weighted by atomic mass is 9.33. The van der Waals surface area contributed by atoms with Gasteiger partial charge in [0, 0.05) is 40.5 Å². The number of likely N-dealkylation sites (tertiary alicyclic amines) is 1. The number of aliphatic hydroxyl groups is 2. The highest BCUT2D eigenvalue weighted by Crippen LogP contribution is 2.77. The Bertz CT molecular complexity index is 1880. The second-order valence-electron chi connectivity index (χ2n) is 18.5.